The van der Waals surface area contributed by atoms with Crippen molar-refractivity contribution in [2.75, 3.05) is 18.4 Å². The second-order valence-corrected chi connectivity index (χ2v) is 6.68. The number of amides is 2. The zero-order valence-electron chi connectivity index (χ0n) is 15.0. The quantitative estimate of drug-likeness (QED) is 0.766. The number of aryl methyl sites for hydroxylation is 1. The van der Waals surface area contributed by atoms with Crippen LogP contribution in [0.2, 0.25) is 0 Å². The van der Waals surface area contributed by atoms with Gasteiger partial charge in [-0.1, -0.05) is 18.2 Å². The van der Waals surface area contributed by atoms with E-state index in [9.17, 15) is 9.59 Å². The van der Waals surface area contributed by atoms with Gasteiger partial charge in [0.2, 0.25) is 11.7 Å². The first-order valence-corrected chi connectivity index (χ1v) is 8.95. The van der Waals surface area contributed by atoms with Gasteiger partial charge in [-0.05, 0) is 38.0 Å². The molecule has 3 aromatic rings. The van der Waals surface area contributed by atoms with Crippen molar-refractivity contribution in [1.29, 1.82) is 0 Å². The summed E-state index contributed by atoms with van der Waals surface area (Å²) in [5, 5.41) is 7.19. The van der Waals surface area contributed by atoms with E-state index in [0.29, 0.717) is 18.9 Å². The Morgan fingerprint density at radius 2 is 2.00 bits per heavy atom. The number of rotatable bonds is 3. The zero-order valence-corrected chi connectivity index (χ0v) is 15.0. The highest BCUT2D eigenvalue weighted by molar-refractivity contribution is 5.94. The maximum Gasteiger partial charge on any atom is 0.293 e. The van der Waals surface area contributed by atoms with E-state index in [1.807, 2.05) is 37.3 Å². The Morgan fingerprint density at radius 3 is 2.78 bits per heavy atom. The standard InChI is InChI=1S/C19H20N6O2/c1-13-9-10-20-19-22-16(23-25(13)19)18(27)24-11-5-6-14(12-24)17(26)21-15-7-3-2-4-8-15/h2-4,7-10,14H,5-6,11-12H2,1H3,(H,21,26). The molecule has 0 bridgehead atoms. The van der Waals surface area contributed by atoms with Crippen molar-refractivity contribution in [2.24, 2.45) is 5.92 Å². The minimum Gasteiger partial charge on any atom is -0.335 e. The van der Waals surface area contributed by atoms with Crippen molar-refractivity contribution in [3.63, 3.8) is 0 Å². The van der Waals surface area contributed by atoms with Crippen molar-refractivity contribution in [2.45, 2.75) is 19.8 Å². The van der Waals surface area contributed by atoms with Crippen LogP contribution in [0, 0.1) is 12.8 Å². The maximum absolute atomic E-state index is 12.8. The third-order valence-corrected chi connectivity index (χ3v) is 4.74. The lowest BCUT2D eigenvalue weighted by molar-refractivity contribution is -0.121. The lowest BCUT2D eigenvalue weighted by Crippen LogP contribution is -2.44. The fraction of sp³-hybridized carbons (Fsp3) is 0.316. The predicted molar refractivity (Wildman–Crippen MR) is 99.2 cm³/mol. The Hall–Kier alpha value is -3.29. The number of carbonyl (C=O) groups excluding carboxylic acids is 2. The number of hydrogen-bond donors (Lipinski definition) is 1. The first-order valence-electron chi connectivity index (χ1n) is 8.95. The van der Waals surface area contributed by atoms with Crippen molar-refractivity contribution in [1.82, 2.24) is 24.5 Å². The van der Waals surface area contributed by atoms with Gasteiger partial charge in [0.05, 0.1) is 5.92 Å². The summed E-state index contributed by atoms with van der Waals surface area (Å²) in [5.41, 5.74) is 1.61. The van der Waals surface area contributed by atoms with Crippen LogP contribution in [-0.2, 0) is 4.79 Å². The third-order valence-electron chi connectivity index (χ3n) is 4.74. The largest absolute Gasteiger partial charge is 0.335 e. The van der Waals surface area contributed by atoms with E-state index >= 15 is 0 Å². The van der Waals surface area contributed by atoms with Crippen molar-refractivity contribution >= 4 is 23.3 Å². The number of para-hydroxylation sites is 1. The van der Waals surface area contributed by atoms with Crippen molar-refractivity contribution in [3.05, 3.63) is 54.1 Å². The highest BCUT2D eigenvalue weighted by atomic mass is 16.2. The van der Waals surface area contributed by atoms with Gasteiger partial charge in [-0.25, -0.2) is 9.50 Å². The summed E-state index contributed by atoms with van der Waals surface area (Å²) >= 11 is 0. The third kappa shape index (κ3) is 3.51. The molecule has 1 aliphatic heterocycles. The molecule has 8 heteroatoms. The molecule has 1 atom stereocenters. The van der Waals surface area contributed by atoms with Crippen LogP contribution in [0.5, 0.6) is 0 Å². The molecule has 138 valence electrons. The summed E-state index contributed by atoms with van der Waals surface area (Å²) in [4.78, 5) is 35.4. The van der Waals surface area contributed by atoms with E-state index < -0.39 is 0 Å². The van der Waals surface area contributed by atoms with Gasteiger partial charge in [-0.2, -0.15) is 4.98 Å². The smallest absolute Gasteiger partial charge is 0.293 e. The molecule has 1 N–H and O–H groups in total. The molecule has 2 aromatic heterocycles. The first-order chi connectivity index (χ1) is 13.1. The van der Waals surface area contributed by atoms with E-state index in [1.165, 1.54) is 0 Å². The van der Waals surface area contributed by atoms with Gasteiger partial charge < -0.3 is 10.2 Å². The zero-order chi connectivity index (χ0) is 18.8. The fourth-order valence-corrected chi connectivity index (χ4v) is 3.28. The van der Waals surface area contributed by atoms with Gasteiger partial charge in [-0.3, -0.25) is 9.59 Å². The van der Waals surface area contributed by atoms with Gasteiger partial charge in [0, 0.05) is 30.7 Å². The Balaban J connectivity index is 1.47. The Morgan fingerprint density at radius 1 is 1.19 bits per heavy atom. The fourth-order valence-electron chi connectivity index (χ4n) is 3.28. The summed E-state index contributed by atoms with van der Waals surface area (Å²) in [6.45, 7) is 2.83. The normalized spacial score (nSPS) is 17.1. The molecular formula is C19H20N6O2. The molecule has 1 aromatic carbocycles. The van der Waals surface area contributed by atoms with Crippen LogP contribution in [0.15, 0.2) is 42.6 Å². The minimum absolute atomic E-state index is 0.0702. The number of anilines is 1. The van der Waals surface area contributed by atoms with Crippen LogP contribution in [0.1, 0.15) is 29.2 Å². The summed E-state index contributed by atoms with van der Waals surface area (Å²) in [6.07, 6.45) is 3.16. The molecule has 0 radical (unpaired) electrons. The molecule has 0 spiro atoms. The number of benzene rings is 1. The molecule has 0 aliphatic carbocycles. The monoisotopic (exact) mass is 364 g/mol. The number of nitrogens with zero attached hydrogens (tertiary/aromatic N) is 5. The van der Waals surface area contributed by atoms with E-state index in [4.69, 9.17) is 0 Å². The first kappa shape index (κ1) is 17.1. The predicted octanol–water partition coefficient (Wildman–Crippen LogP) is 1.92. The number of carbonyl (C=O) groups is 2. The molecule has 8 nitrogen and oxygen atoms in total. The Kier molecular flexibility index (Phi) is 4.53. The topological polar surface area (TPSA) is 92.5 Å². The van der Waals surface area contributed by atoms with E-state index in [2.05, 4.69) is 20.4 Å². The van der Waals surface area contributed by atoms with Crippen LogP contribution in [-0.4, -0.2) is 49.4 Å². The molecule has 1 saturated heterocycles. The van der Waals surface area contributed by atoms with E-state index in [0.717, 1.165) is 24.2 Å². The number of hydrogen-bond acceptors (Lipinski definition) is 5. The van der Waals surface area contributed by atoms with E-state index in [1.54, 1.807) is 21.7 Å². The van der Waals surface area contributed by atoms with Crippen molar-refractivity contribution in [3.8, 4) is 0 Å². The van der Waals surface area contributed by atoms with Crippen LogP contribution in [0.25, 0.3) is 5.78 Å². The van der Waals surface area contributed by atoms with Gasteiger partial charge in [0.15, 0.2) is 0 Å². The number of aromatic nitrogens is 4. The number of piperidine rings is 1. The summed E-state index contributed by atoms with van der Waals surface area (Å²) < 4.78 is 1.55. The maximum atomic E-state index is 12.8. The number of fused-ring (bicyclic) bond motifs is 1. The molecule has 1 aliphatic rings. The van der Waals surface area contributed by atoms with Gasteiger partial charge in [-0.15, -0.1) is 5.10 Å². The van der Waals surface area contributed by atoms with Gasteiger partial charge in [0.1, 0.15) is 0 Å². The second-order valence-electron chi connectivity index (χ2n) is 6.68. The van der Waals surface area contributed by atoms with Gasteiger partial charge in [0.25, 0.3) is 11.7 Å². The molecule has 27 heavy (non-hydrogen) atoms. The summed E-state index contributed by atoms with van der Waals surface area (Å²) in [5.74, 6) is -0.0780. The summed E-state index contributed by atoms with van der Waals surface area (Å²) in [6, 6.07) is 11.1. The van der Waals surface area contributed by atoms with Gasteiger partial charge >= 0.3 is 0 Å². The van der Waals surface area contributed by atoms with Crippen molar-refractivity contribution < 1.29 is 9.59 Å². The average Bonchev–Trinajstić information content (AvgIpc) is 3.14. The SMILES string of the molecule is Cc1ccnc2nc(C(=O)N3CCCC(C(=O)Nc4ccccc4)C3)nn12. The highest BCUT2D eigenvalue weighted by Gasteiger charge is 2.30. The molecule has 0 saturated carbocycles. The second kappa shape index (κ2) is 7.14. The number of nitrogens with one attached hydrogen (secondary N) is 1. The molecule has 4 rings (SSSR count). The lowest BCUT2D eigenvalue weighted by atomic mass is 9.97. The molecule has 1 unspecified atom stereocenters. The molecule has 3 heterocycles. The lowest BCUT2D eigenvalue weighted by Gasteiger charge is -2.31. The minimum atomic E-state index is -0.267. The Labute approximate surface area is 156 Å². The van der Waals surface area contributed by atoms with E-state index in [-0.39, 0.29) is 23.6 Å². The average molecular weight is 364 g/mol. The van der Waals surface area contributed by atoms with Crippen LogP contribution < -0.4 is 5.32 Å². The van der Waals surface area contributed by atoms with Crippen LogP contribution in [0.3, 0.4) is 0 Å². The molecule has 1 fully saturated rings. The van der Waals surface area contributed by atoms with Crippen LogP contribution in [0.4, 0.5) is 5.69 Å². The summed E-state index contributed by atoms with van der Waals surface area (Å²) in [7, 11) is 0. The number of likely N-dealkylation sites (tertiary alicyclic amines) is 1. The Bertz CT molecular complexity index is 984. The highest BCUT2D eigenvalue weighted by Crippen LogP contribution is 2.20. The molecular weight excluding hydrogens is 344 g/mol. The molecule has 2 amide bonds. The van der Waals surface area contributed by atoms with Crippen LogP contribution >= 0.6 is 0 Å².